The predicted octanol–water partition coefficient (Wildman–Crippen LogP) is 5.25. The molecular formula is C14H11Cl2FN2S. The first-order chi connectivity index (χ1) is 9.45. The van der Waals surface area contributed by atoms with Gasteiger partial charge in [0.2, 0.25) is 0 Å². The molecule has 0 unspecified atom stereocenters. The Morgan fingerprint density at radius 2 is 1.70 bits per heavy atom. The minimum atomic E-state index is -0.285. The van der Waals surface area contributed by atoms with Gasteiger partial charge in [-0.3, -0.25) is 0 Å². The molecule has 2 N–H and O–H groups in total. The van der Waals surface area contributed by atoms with Gasteiger partial charge in [0.25, 0.3) is 0 Å². The number of benzene rings is 2. The van der Waals surface area contributed by atoms with Gasteiger partial charge in [0.15, 0.2) is 5.11 Å². The number of rotatable bonds is 2. The van der Waals surface area contributed by atoms with Gasteiger partial charge in [0.05, 0.1) is 10.7 Å². The van der Waals surface area contributed by atoms with Crippen LogP contribution < -0.4 is 10.6 Å². The first-order valence-electron chi connectivity index (χ1n) is 5.75. The minimum Gasteiger partial charge on any atom is -0.332 e. The van der Waals surface area contributed by atoms with Crippen molar-refractivity contribution in [2.75, 3.05) is 10.6 Å². The fourth-order valence-electron chi connectivity index (χ4n) is 1.63. The zero-order chi connectivity index (χ0) is 14.7. The molecule has 0 bridgehead atoms. The van der Waals surface area contributed by atoms with Gasteiger partial charge in [-0.25, -0.2) is 4.39 Å². The van der Waals surface area contributed by atoms with Crippen molar-refractivity contribution >= 4 is 51.9 Å². The number of nitrogens with one attached hydrogen (secondary N) is 2. The highest BCUT2D eigenvalue weighted by molar-refractivity contribution is 7.80. The van der Waals surface area contributed by atoms with Gasteiger partial charge in [-0.2, -0.15) is 0 Å². The lowest BCUT2D eigenvalue weighted by molar-refractivity contribution is 0.627. The number of thiocarbonyl (C=S) groups is 1. The Morgan fingerprint density at radius 3 is 2.35 bits per heavy atom. The van der Waals surface area contributed by atoms with E-state index in [4.69, 9.17) is 35.4 Å². The molecule has 0 aliphatic rings. The summed E-state index contributed by atoms with van der Waals surface area (Å²) in [6.45, 7) is 1.79. The molecule has 0 saturated carbocycles. The van der Waals surface area contributed by atoms with E-state index >= 15 is 0 Å². The number of anilines is 2. The molecule has 104 valence electrons. The first kappa shape index (κ1) is 15.0. The minimum absolute atomic E-state index is 0.285. The molecule has 2 nitrogen and oxygen atoms in total. The van der Waals surface area contributed by atoms with Crippen molar-refractivity contribution in [2.24, 2.45) is 0 Å². The summed E-state index contributed by atoms with van der Waals surface area (Å²) in [7, 11) is 0. The lowest BCUT2D eigenvalue weighted by atomic mass is 10.2. The maximum absolute atomic E-state index is 13.0. The lowest BCUT2D eigenvalue weighted by Gasteiger charge is -2.13. The molecule has 0 radical (unpaired) electrons. The van der Waals surface area contributed by atoms with Crippen LogP contribution in [-0.4, -0.2) is 5.11 Å². The van der Waals surface area contributed by atoms with Gasteiger partial charge in [-0.1, -0.05) is 23.2 Å². The second kappa shape index (κ2) is 6.39. The molecule has 0 aromatic heterocycles. The smallest absolute Gasteiger partial charge is 0.175 e. The predicted molar refractivity (Wildman–Crippen MR) is 87.4 cm³/mol. The Morgan fingerprint density at radius 1 is 1.05 bits per heavy atom. The van der Waals surface area contributed by atoms with Crippen LogP contribution in [0.15, 0.2) is 36.4 Å². The van der Waals surface area contributed by atoms with Crippen molar-refractivity contribution in [1.82, 2.24) is 0 Å². The van der Waals surface area contributed by atoms with Crippen molar-refractivity contribution < 1.29 is 4.39 Å². The normalized spacial score (nSPS) is 10.2. The van der Waals surface area contributed by atoms with E-state index < -0.39 is 0 Å². The van der Waals surface area contributed by atoms with E-state index in [1.54, 1.807) is 31.2 Å². The summed E-state index contributed by atoms with van der Waals surface area (Å²) >= 11 is 17.1. The summed E-state index contributed by atoms with van der Waals surface area (Å²) in [6, 6.07) is 9.49. The molecule has 2 aromatic rings. The summed E-state index contributed by atoms with van der Waals surface area (Å²) in [6.07, 6.45) is 0. The van der Waals surface area contributed by atoms with Crippen LogP contribution in [0.3, 0.4) is 0 Å². The highest BCUT2D eigenvalue weighted by atomic mass is 35.5. The monoisotopic (exact) mass is 328 g/mol. The summed E-state index contributed by atoms with van der Waals surface area (Å²) < 4.78 is 13.0. The molecule has 0 aliphatic carbocycles. The number of hydrogen-bond acceptors (Lipinski definition) is 1. The van der Waals surface area contributed by atoms with E-state index in [1.165, 1.54) is 12.1 Å². The van der Waals surface area contributed by atoms with E-state index in [1.807, 2.05) is 0 Å². The van der Waals surface area contributed by atoms with Crippen LogP contribution in [0.2, 0.25) is 10.0 Å². The lowest BCUT2D eigenvalue weighted by Crippen LogP contribution is -2.19. The molecule has 2 aromatic carbocycles. The van der Waals surface area contributed by atoms with Crippen LogP contribution >= 0.6 is 35.4 Å². The van der Waals surface area contributed by atoms with Crippen LogP contribution in [0.1, 0.15) is 5.56 Å². The van der Waals surface area contributed by atoms with E-state index in [9.17, 15) is 4.39 Å². The van der Waals surface area contributed by atoms with Crippen molar-refractivity contribution in [3.8, 4) is 0 Å². The number of aryl methyl sites for hydroxylation is 1. The van der Waals surface area contributed by atoms with Crippen LogP contribution in [0.5, 0.6) is 0 Å². The fraction of sp³-hybridized carbons (Fsp3) is 0.0714. The Hall–Kier alpha value is -1.36. The Labute approximate surface area is 131 Å². The SMILES string of the molecule is Cc1cc(F)ccc1NC(=S)Nc1ccc(Cl)cc1Cl. The van der Waals surface area contributed by atoms with Crippen LogP contribution in [0.25, 0.3) is 0 Å². The number of halogens is 3. The molecule has 0 amide bonds. The molecular weight excluding hydrogens is 318 g/mol. The second-order valence-corrected chi connectivity index (χ2v) is 5.41. The topological polar surface area (TPSA) is 24.1 Å². The molecule has 0 fully saturated rings. The van der Waals surface area contributed by atoms with Crippen molar-refractivity contribution in [3.63, 3.8) is 0 Å². The van der Waals surface area contributed by atoms with Gasteiger partial charge in [-0.15, -0.1) is 0 Å². The van der Waals surface area contributed by atoms with Gasteiger partial charge < -0.3 is 10.6 Å². The van der Waals surface area contributed by atoms with Crippen LogP contribution in [-0.2, 0) is 0 Å². The third-order valence-corrected chi connectivity index (χ3v) is 3.37. The maximum Gasteiger partial charge on any atom is 0.175 e. The number of hydrogen-bond donors (Lipinski definition) is 2. The highest BCUT2D eigenvalue weighted by Crippen LogP contribution is 2.25. The van der Waals surface area contributed by atoms with Gasteiger partial charge in [0.1, 0.15) is 5.82 Å². The van der Waals surface area contributed by atoms with Crippen LogP contribution in [0.4, 0.5) is 15.8 Å². The zero-order valence-electron chi connectivity index (χ0n) is 10.5. The van der Waals surface area contributed by atoms with Crippen molar-refractivity contribution in [2.45, 2.75) is 6.92 Å². The van der Waals surface area contributed by atoms with E-state index in [2.05, 4.69) is 10.6 Å². The molecule has 20 heavy (non-hydrogen) atoms. The average molecular weight is 329 g/mol. The van der Waals surface area contributed by atoms with Gasteiger partial charge in [0, 0.05) is 10.7 Å². The Bertz CT molecular complexity index is 606. The second-order valence-electron chi connectivity index (χ2n) is 4.16. The fourth-order valence-corrected chi connectivity index (χ4v) is 2.31. The van der Waals surface area contributed by atoms with E-state index in [0.29, 0.717) is 20.8 Å². The summed E-state index contributed by atoms with van der Waals surface area (Å²) in [5.74, 6) is -0.285. The molecule has 0 aliphatic heterocycles. The third-order valence-electron chi connectivity index (χ3n) is 2.62. The largest absolute Gasteiger partial charge is 0.332 e. The molecule has 0 atom stereocenters. The summed E-state index contributed by atoms with van der Waals surface area (Å²) in [5.41, 5.74) is 2.14. The standard InChI is InChI=1S/C14H11Cl2FN2S/c1-8-6-10(17)3-5-12(8)18-14(20)19-13-4-2-9(15)7-11(13)16/h2-7H,1H3,(H2,18,19,20). The third kappa shape index (κ3) is 3.82. The summed E-state index contributed by atoms with van der Waals surface area (Å²) in [4.78, 5) is 0. The molecule has 0 saturated heterocycles. The Kier molecular flexibility index (Phi) is 4.81. The first-order valence-corrected chi connectivity index (χ1v) is 6.91. The summed E-state index contributed by atoms with van der Waals surface area (Å²) in [5, 5.41) is 7.34. The highest BCUT2D eigenvalue weighted by Gasteiger charge is 2.06. The zero-order valence-corrected chi connectivity index (χ0v) is 12.8. The molecule has 6 heteroatoms. The van der Waals surface area contributed by atoms with Gasteiger partial charge in [-0.05, 0) is 61.1 Å². The quantitative estimate of drug-likeness (QED) is 0.736. The molecule has 0 heterocycles. The van der Waals surface area contributed by atoms with Crippen molar-refractivity contribution in [3.05, 3.63) is 57.8 Å². The van der Waals surface area contributed by atoms with Crippen molar-refractivity contribution in [1.29, 1.82) is 0 Å². The average Bonchev–Trinajstić information content (AvgIpc) is 2.36. The van der Waals surface area contributed by atoms with E-state index in [-0.39, 0.29) is 5.82 Å². The van der Waals surface area contributed by atoms with Gasteiger partial charge >= 0.3 is 0 Å². The van der Waals surface area contributed by atoms with Crippen LogP contribution in [0, 0.1) is 12.7 Å². The van der Waals surface area contributed by atoms with E-state index in [0.717, 1.165) is 11.3 Å². The Balaban J connectivity index is 2.09. The maximum atomic E-state index is 13.0. The molecule has 2 rings (SSSR count). The molecule has 0 spiro atoms.